The second-order valence-electron chi connectivity index (χ2n) is 10.2. The lowest BCUT2D eigenvalue weighted by atomic mass is 9.87. The molecule has 2 atom stereocenters. The molecule has 1 aromatic carbocycles. The maximum atomic E-state index is 13.2. The Balaban J connectivity index is 1.64. The lowest BCUT2D eigenvalue weighted by Crippen LogP contribution is -2.49. The quantitative estimate of drug-likeness (QED) is 0.323. The number of carbonyl (C=O) groups excluding carboxylic acids is 3. The highest BCUT2D eigenvalue weighted by atomic mass is 19.1. The van der Waals surface area contributed by atoms with Crippen LogP contribution >= 0.6 is 0 Å². The third-order valence-corrected chi connectivity index (χ3v) is 5.99. The SMILES string of the molecule is CCCC[C@H](NC(=O)OC(Cc1nnc(-c2ccc(F)cc2)o1)C(C)(C)C)C(=O)C(=O)NCc1cccnc1. The molecule has 11 heteroatoms. The van der Waals surface area contributed by atoms with Gasteiger partial charge in [0.05, 0.1) is 6.42 Å². The largest absolute Gasteiger partial charge is 0.445 e. The first-order valence-corrected chi connectivity index (χ1v) is 12.8. The number of ketones is 1. The Kier molecular flexibility index (Phi) is 10.2. The number of alkyl carbamates (subject to hydrolysis) is 1. The zero-order valence-corrected chi connectivity index (χ0v) is 22.6. The van der Waals surface area contributed by atoms with Gasteiger partial charge in [-0.1, -0.05) is 46.6 Å². The maximum absolute atomic E-state index is 13.2. The number of hydrogen-bond acceptors (Lipinski definition) is 8. The Morgan fingerprint density at radius 3 is 2.49 bits per heavy atom. The minimum atomic E-state index is -1.04. The number of unbranched alkanes of at least 4 members (excludes halogenated alkanes) is 1. The number of benzene rings is 1. The molecule has 0 radical (unpaired) electrons. The fourth-order valence-electron chi connectivity index (χ4n) is 3.64. The first-order valence-electron chi connectivity index (χ1n) is 12.8. The molecule has 2 N–H and O–H groups in total. The molecule has 0 fully saturated rings. The summed E-state index contributed by atoms with van der Waals surface area (Å²) in [5, 5.41) is 13.2. The van der Waals surface area contributed by atoms with Gasteiger partial charge in [-0.25, -0.2) is 9.18 Å². The highest BCUT2D eigenvalue weighted by Gasteiger charge is 2.33. The van der Waals surface area contributed by atoms with Crippen molar-refractivity contribution < 1.29 is 27.9 Å². The zero-order valence-electron chi connectivity index (χ0n) is 22.6. The Bertz CT molecular complexity index is 1240. The molecule has 2 amide bonds. The molecular weight excluding hydrogens is 505 g/mol. The van der Waals surface area contributed by atoms with Gasteiger partial charge in [0.2, 0.25) is 17.6 Å². The van der Waals surface area contributed by atoms with Crippen LogP contribution in [-0.4, -0.2) is 45.1 Å². The predicted octanol–water partition coefficient (Wildman–Crippen LogP) is 4.40. The number of aromatic nitrogens is 3. The summed E-state index contributed by atoms with van der Waals surface area (Å²) in [4.78, 5) is 42.3. The summed E-state index contributed by atoms with van der Waals surface area (Å²) in [6, 6.07) is 8.10. The molecule has 0 saturated carbocycles. The molecule has 2 aromatic heterocycles. The van der Waals surface area contributed by atoms with Crippen molar-refractivity contribution in [2.45, 2.75) is 72.1 Å². The van der Waals surface area contributed by atoms with Gasteiger partial charge >= 0.3 is 6.09 Å². The molecule has 208 valence electrons. The van der Waals surface area contributed by atoms with Gasteiger partial charge in [-0.2, -0.15) is 0 Å². The van der Waals surface area contributed by atoms with E-state index >= 15 is 0 Å². The monoisotopic (exact) mass is 539 g/mol. The Morgan fingerprint density at radius 2 is 1.85 bits per heavy atom. The summed E-state index contributed by atoms with van der Waals surface area (Å²) in [5.41, 5.74) is 0.777. The van der Waals surface area contributed by atoms with Crippen molar-refractivity contribution in [3.05, 3.63) is 66.1 Å². The maximum Gasteiger partial charge on any atom is 0.408 e. The highest BCUT2D eigenvalue weighted by Crippen LogP contribution is 2.27. The molecule has 0 aliphatic rings. The minimum absolute atomic E-state index is 0.115. The first kappa shape index (κ1) is 29.4. The van der Waals surface area contributed by atoms with E-state index < -0.39 is 35.3 Å². The van der Waals surface area contributed by atoms with Crippen LogP contribution in [0.3, 0.4) is 0 Å². The Labute approximate surface area is 226 Å². The number of hydrogen-bond donors (Lipinski definition) is 2. The Hall–Kier alpha value is -4.15. The molecule has 0 saturated heterocycles. The van der Waals surface area contributed by atoms with Gasteiger partial charge in [-0.3, -0.25) is 14.6 Å². The molecular formula is C28H34FN5O5. The molecule has 0 aliphatic heterocycles. The normalized spacial score (nSPS) is 12.8. The molecule has 1 unspecified atom stereocenters. The summed E-state index contributed by atoms with van der Waals surface area (Å²) in [5.74, 6) is -1.49. The van der Waals surface area contributed by atoms with E-state index in [-0.39, 0.29) is 37.0 Å². The van der Waals surface area contributed by atoms with Crippen LogP contribution in [0.25, 0.3) is 11.5 Å². The molecule has 0 spiro atoms. The van der Waals surface area contributed by atoms with E-state index in [4.69, 9.17) is 9.15 Å². The number of halogens is 1. The van der Waals surface area contributed by atoms with Crippen LogP contribution in [0.1, 0.15) is 58.4 Å². The third-order valence-electron chi connectivity index (χ3n) is 5.99. The van der Waals surface area contributed by atoms with Gasteiger partial charge in [0.15, 0.2) is 0 Å². The van der Waals surface area contributed by atoms with E-state index in [0.717, 1.165) is 12.0 Å². The average molecular weight is 540 g/mol. The number of nitrogens with one attached hydrogen (secondary N) is 2. The van der Waals surface area contributed by atoms with Crippen LogP contribution in [0.15, 0.2) is 53.2 Å². The van der Waals surface area contributed by atoms with Crippen molar-refractivity contribution in [3.63, 3.8) is 0 Å². The van der Waals surface area contributed by atoms with Crippen LogP contribution in [0, 0.1) is 11.2 Å². The first-order chi connectivity index (χ1) is 18.6. The molecule has 3 aromatic rings. The average Bonchev–Trinajstić information content (AvgIpc) is 3.38. The number of amides is 2. The summed E-state index contributed by atoms with van der Waals surface area (Å²) in [7, 11) is 0. The molecule has 10 nitrogen and oxygen atoms in total. The van der Waals surface area contributed by atoms with Crippen molar-refractivity contribution in [2.24, 2.45) is 5.41 Å². The van der Waals surface area contributed by atoms with Crippen molar-refractivity contribution in [3.8, 4) is 11.5 Å². The number of carbonyl (C=O) groups is 3. The summed E-state index contributed by atoms with van der Waals surface area (Å²) < 4.78 is 24.6. The number of pyridine rings is 1. The smallest absolute Gasteiger partial charge is 0.408 e. The lowest BCUT2D eigenvalue weighted by molar-refractivity contribution is -0.139. The van der Waals surface area contributed by atoms with Gasteiger partial charge in [0.1, 0.15) is 18.0 Å². The van der Waals surface area contributed by atoms with Crippen LogP contribution in [0.2, 0.25) is 0 Å². The molecule has 3 rings (SSSR count). The van der Waals surface area contributed by atoms with E-state index in [1.54, 1.807) is 24.5 Å². The zero-order chi connectivity index (χ0) is 28.4. The van der Waals surface area contributed by atoms with E-state index in [0.29, 0.717) is 12.0 Å². The van der Waals surface area contributed by atoms with Gasteiger partial charge in [0, 0.05) is 24.5 Å². The van der Waals surface area contributed by atoms with Gasteiger partial charge < -0.3 is 19.8 Å². The van der Waals surface area contributed by atoms with Gasteiger partial charge in [0.25, 0.3) is 5.91 Å². The van der Waals surface area contributed by atoms with Gasteiger partial charge in [-0.15, -0.1) is 10.2 Å². The number of Topliss-reactive ketones (excluding diaryl/α,β-unsaturated/α-hetero) is 1. The van der Waals surface area contributed by atoms with Crippen LogP contribution in [0.4, 0.5) is 9.18 Å². The van der Waals surface area contributed by atoms with Crippen molar-refractivity contribution >= 4 is 17.8 Å². The van der Waals surface area contributed by atoms with Gasteiger partial charge in [-0.05, 0) is 47.7 Å². The lowest BCUT2D eigenvalue weighted by Gasteiger charge is -2.30. The highest BCUT2D eigenvalue weighted by molar-refractivity contribution is 6.38. The molecule has 0 bridgehead atoms. The van der Waals surface area contributed by atoms with E-state index in [2.05, 4.69) is 25.8 Å². The molecule has 2 heterocycles. The molecule has 39 heavy (non-hydrogen) atoms. The minimum Gasteiger partial charge on any atom is -0.445 e. The van der Waals surface area contributed by atoms with Crippen LogP contribution in [-0.2, 0) is 27.3 Å². The number of ether oxygens (including phenoxy) is 1. The summed E-state index contributed by atoms with van der Waals surface area (Å²) in [6.45, 7) is 7.73. The molecule has 0 aliphatic carbocycles. The van der Waals surface area contributed by atoms with E-state index in [9.17, 15) is 18.8 Å². The van der Waals surface area contributed by atoms with Crippen LogP contribution in [0.5, 0.6) is 0 Å². The summed E-state index contributed by atoms with van der Waals surface area (Å²) in [6.07, 6.45) is 3.48. The van der Waals surface area contributed by atoms with Crippen molar-refractivity contribution in [2.75, 3.05) is 0 Å². The second-order valence-corrected chi connectivity index (χ2v) is 10.2. The predicted molar refractivity (Wildman–Crippen MR) is 141 cm³/mol. The van der Waals surface area contributed by atoms with Crippen molar-refractivity contribution in [1.82, 2.24) is 25.8 Å². The fraction of sp³-hybridized carbons (Fsp3) is 0.429. The fourth-order valence-corrected chi connectivity index (χ4v) is 3.64. The van der Waals surface area contributed by atoms with Crippen molar-refractivity contribution in [1.29, 1.82) is 0 Å². The Morgan fingerprint density at radius 1 is 1.10 bits per heavy atom. The van der Waals surface area contributed by atoms with E-state index in [1.165, 1.54) is 24.3 Å². The summed E-state index contributed by atoms with van der Waals surface area (Å²) >= 11 is 0. The topological polar surface area (TPSA) is 136 Å². The second kappa shape index (κ2) is 13.6. The number of nitrogens with zero attached hydrogens (tertiary/aromatic N) is 3. The van der Waals surface area contributed by atoms with Crippen LogP contribution < -0.4 is 10.6 Å². The number of rotatable bonds is 12. The van der Waals surface area contributed by atoms with E-state index in [1.807, 2.05) is 27.7 Å². The standard InChI is InChI=1S/C28H34FN5O5/c1-5-6-9-21(24(35)25(36)31-17-18-8-7-14-30-16-18)32-27(37)38-22(28(2,3)4)15-23-33-34-26(39-23)19-10-12-20(29)13-11-19/h7-8,10-14,16,21-22H,5-6,9,15,17H2,1-4H3,(H,31,36)(H,32,37)/t21-,22?/m0/s1. The third kappa shape index (κ3) is 8.98.